The van der Waals surface area contributed by atoms with Crippen LogP contribution in [0.3, 0.4) is 0 Å². The second kappa shape index (κ2) is 1.81. The third kappa shape index (κ3) is 0.629. The Hall–Kier alpha value is -1.06. The van der Waals surface area contributed by atoms with Gasteiger partial charge in [0.1, 0.15) is 0 Å². The van der Waals surface area contributed by atoms with Gasteiger partial charge >= 0.3 is 11.9 Å². The van der Waals surface area contributed by atoms with Gasteiger partial charge in [-0.2, -0.15) is 0 Å². The van der Waals surface area contributed by atoms with Crippen LogP contribution in [-0.4, -0.2) is 18.7 Å². The van der Waals surface area contributed by atoms with Crippen LogP contribution in [0.2, 0.25) is 0 Å². The van der Waals surface area contributed by atoms with Gasteiger partial charge in [-0.3, -0.25) is 9.59 Å². The number of hydrogen-bond donors (Lipinski definition) is 0. The first-order valence-electron chi connectivity index (χ1n) is 3.85. The molecule has 0 bridgehead atoms. The molecule has 0 N–H and O–H groups in total. The van der Waals surface area contributed by atoms with E-state index in [9.17, 15) is 9.59 Å². The maximum absolute atomic E-state index is 11.3. The molecule has 1 heterocycles. The first-order valence-corrected chi connectivity index (χ1v) is 3.85. The van der Waals surface area contributed by atoms with Crippen molar-refractivity contribution in [1.82, 2.24) is 0 Å². The molecule has 2 fully saturated rings. The van der Waals surface area contributed by atoms with E-state index in [4.69, 9.17) is 0 Å². The van der Waals surface area contributed by atoms with Crippen molar-refractivity contribution >= 4 is 11.9 Å². The molecule has 1 saturated carbocycles. The van der Waals surface area contributed by atoms with Gasteiger partial charge in [0.05, 0.1) is 0 Å². The largest absolute Gasteiger partial charge is 0.427 e. The highest BCUT2D eigenvalue weighted by atomic mass is 16.7. The minimum absolute atomic E-state index is 0.227. The summed E-state index contributed by atoms with van der Waals surface area (Å²) in [6.45, 7) is 3.50. The van der Waals surface area contributed by atoms with E-state index in [0.717, 1.165) is 0 Å². The zero-order valence-electron chi connectivity index (χ0n) is 7.05. The molecule has 0 amide bonds. The molecule has 0 aromatic rings. The zero-order chi connectivity index (χ0) is 8.98. The Labute approximate surface area is 69.8 Å². The quantitative estimate of drug-likeness (QED) is 0.391. The van der Waals surface area contributed by atoms with Crippen LogP contribution in [0.5, 0.6) is 0 Å². The van der Waals surface area contributed by atoms with Gasteiger partial charge in [0.25, 0.3) is 0 Å². The molecule has 0 radical (unpaired) electrons. The van der Waals surface area contributed by atoms with E-state index in [-0.39, 0.29) is 12.2 Å². The molecule has 0 aromatic carbocycles. The Morgan fingerprint density at radius 1 is 1.17 bits per heavy atom. The van der Waals surface area contributed by atoms with Gasteiger partial charge in [-0.25, -0.2) is 0 Å². The zero-order valence-corrected chi connectivity index (χ0v) is 7.05. The molecule has 0 aromatic heterocycles. The molecule has 1 spiro atoms. The third-order valence-electron chi connectivity index (χ3n) is 2.81. The van der Waals surface area contributed by atoms with E-state index < -0.39 is 17.4 Å². The highest BCUT2D eigenvalue weighted by molar-refractivity contribution is 6.05. The summed E-state index contributed by atoms with van der Waals surface area (Å²) in [6, 6.07) is 0. The number of cyclic esters (lactones) is 2. The molecule has 12 heavy (non-hydrogen) atoms. The monoisotopic (exact) mass is 170 g/mol. The van der Waals surface area contributed by atoms with Crippen molar-refractivity contribution in [3.8, 4) is 0 Å². The van der Waals surface area contributed by atoms with Gasteiger partial charge in [-0.05, 0) is 11.8 Å². The van der Waals surface area contributed by atoms with Crippen LogP contribution in [0.1, 0.15) is 20.3 Å². The van der Waals surface area contributed by atoms with Gasteiger partial charge in [-0.15, -0.1) is 0 Å². The lowest BCUT2D eigenvalue weighted by Crippen LogP contribution is -2.39. The molecular weight excluding hydrogens is 160 g/mol. The molecule has 2 rings (SSSR count). The molecule has 0 unspecified atom stereocenters. The molecule has 4 heteroatoms. The van der Waals surface area contributed by atoms with Crippen molar-refractivity contribution in [3.63, 3.8) is 0 Å². The van der Waals surface area contributed by atoms with Crippen molar-refractivity contribution in [2.24, 2.45) is 10.8 Å². The van der Waals surface area contributed by atoms with Gasteiger partial charge in [0, 0.05) is 0 Å². The summed E-state index contributed by atoms with van der Waals surface area (Å²) in [5.41, 5.74) is -1.27. The van der Waals surface area contributed by atoms with E-state index in [1.165, 1.54) is 0 Å². The summed E-state index contributed by atoms with van der Waals surface area (Å²) >= 11 is 0. The average molecular weight is 170 g/mol. The lowest BCUT2D eigenvalue weighted by atomic mass is 9.96. The Bertz CT molecular complexity index is 250. The van der Waals surface area contributed by atoms with Crippen LogP contribution < -0.4 is 0 Å². The van der Waals surface area contributed by atoms with Crippen LogP contribution >= 0.6 is 0 Å². The first kappa shape index (κ1) is 7.58. The van der Waals surface area contributed by atoms with Crippen LogP contribution in [0.15, 0.2) is 0 Å². The van der Waals surface area contributed by atoms with E-state index in [2.05, 4.69) is 9.47 Å². The standard InChI is InChI=1S/C8H10O4/c1-7(2)3-8(7)5(9)11-4-12-6(8)10/h3-4H2,1-2H3. The van der Waals surface area contributed by atoms with Crippen molar-refractivity contribution < 1.29 is 19.1 Å². The lowest BCUT2D eigenvalue weighted by molar-refractivity contribution is -0.195. The number of hydrogen-bond acceptors (Lipinski definition) is 4. The minimum atomic E-state index is -0.981. The molecule has 1 aliphatic heterocycles. The second-order valence-electron chi connectivity index (χ2n) is 3.95. The lowest BCUT2D eigenvalue weighted by Gasteiger charge is -2.22. The molecule has 2 aliphatic rings. The van der Waals surface area contributed by atoms with E-state index >= 15 is 0 Å². The highest BCUT2D eigenvalue weighted by Gasteiger charge is 2.75. The smallest absolute Gasteiger partial charge is 0.326 e. The fraction of sp³-hybridized carbons (Fsp3) is 0.750. The molecule has 4 nitrogen and oxygen atoms in total. The maximum atomic E-state index is 11.3. The average Bonchev–Trinajstić information content (AvgIpc) is 2.52. The Morgan fingerprint density at radius 3 is 1.83 bits per heavy atom. The van der Waals surface area contributed by atoms with E-state index in [0.29, 0.717) is 6.42 Å². The number of esters is 2. The number of rotatable bonds is 0. The topological polar surface area (TPSA) is 52.6 Å². The molecule has 0 atom stereocenters. The summed E-state index contributed by atoms with van der Waals surface area (Å²) in [5.74, 6) is -0.854. The Kier molecular flexibility index (Phi) is 1.14. The maximum Gasteiger partial charge on any atom is 0.326 e. The van der Waals surface area contributed by atoms with Crippen LogP contribution in [-0.2, 0) is 19.1 Å². The first-order chi connectivity index (χ1) is 5.51. The van der Waals surface area contributed by atoms with Crippen LogP contribution in [0, 0.1) is 10.8 Å². The van der Waals surface area contributed by atoms with Gasteiger partial charge in [0.15, 0.2) is 5.41 Å². The van der Waals surface area contributed by atoms with Gasteiger partial charge in [-0.1, -0.05) is 13.8 Å². The minimum Gasteiger partial charge on any atom is -0.427 e. The predicted molar refractivity (Wildman–Crippen MR) is 37.9 cm³/mol. The number of ether oxygens (including phenoxy) is 2. The molecule has 1 aliphatic carbocycles. The molecule has 66 valence electrons. The summed E-state index contributed by atoms with van der Waals surface area (Å²) in [6.07, 6.45) is 0.539. The van der Waals surface area contributed by atoms with Crippen molar-refractivity contribution in [2.45, 2.75) is 20.3 Å². The van der Waals surface area contributed by atoms with Gasteiger partial charge < -0.3 is 9.47 Å². The van der Waals surface area contributed by atoms with Crippen LogP contribution in [0.25, 0.3) is 0 Å². The normalized spacial score (nSPS) is 29.5. The number of carbonyl (C=O) groups is 2. The summed E-state index contributed by atoms with van der Waals surface area (Å²) in [4.78, 5) is 22.6. The fourth-order valence-corrected chi connectivity index (χ4v) is 1.78. The Morgan fingerprint density at radius 2 is 1.58 bits per heavy atom. The predicted octanol–water partition coefficient (Wildman–Crippen LogP) is 0.460. The third-order valence-corrected chi connectivity index (χ3v) is 2.81. The van der Waals surface area contributed by atoms with Crippen molar-refractivity contribution in [2.75, 3.05) is 6.79 Å². The van der Waals surface area contributed by atoms with Crippen molar-refractivity contribution in [1.29, 1.82) is 0 Å². The fourth-order valence-electron chi connectivity index (χ4n) is 1.78. The van der Waals surface area contributed by atoms with Crippen molar-refractivity contribution in [3.05, 3.63) is 0 Å². The van der Waals surface area contributed by atoms with Crippen LogP contribution in [0.4, 0.5) is 0 Å². The second-order valence-corrected chi connectivity index (χ2v) is 3.95. The highest BCUT2D eigenvalue weighted by Crippen LogP contribution is 2.65. The Balaban J connectivity index is 2.34. The van der Waals surface area contributed by atoms with E-state index in [1.54, 1.807) is 0 Å². The number of carbonyl (C=O) groups excluding carboxylic acids is 2. The summed E-state index contributed by atoms with van der Waals surface area (Å²) < 4.78 is 9.36. The summed E-state index contributed by atoms with van der Waals surface area (Å²) in [7, 11) is 0. The summed E-state index contributed by atoms with van der Waals surface area (Å²) in [5, 5.41) is 0. The molecule has 1 saturated heterocycles. The molecular formula is C8H10O4. The van der Waals surface area contributed by atoms with E-state index in [1.807, 2.05) is 13.8 Å². The van der Waals surface area contributed by atoms with Gasteiger partial charge in [0.2, 0.25) is 6.79 Å². The SMILES string of the molecule is CC1(C)CC12C(=O)OCOC2=O.